The highest BCUT2D eigenvalue weighted by Gasteiger charge is 2.47. The summed E-state index contributed by atoms with van der Waals surface area (Å²) in [7, 11) is 0. The predicted octanol–water partition coefficient (Wildman–Crippen LogP) is 0.958. The van der Waals surface area contributed by atoms with Crippen LogP contribution < -0.4 is 10.6 Å². The van der Waals surface area contributed by atoms with Crippen LogP contribution >= 0.6 is 0 Å². The second kappa shape index (κ2) is 6.12. The van der Waals surface area contributed by atoms with Crippen molar-refractivity contribution in [2.24, 2.45) is 11.3 Å². The molecule has 2 atom stereocenters. The van der Waals surface area contributed by atoms with Gasteiger partial charge in [-0.25, -0.2) is 0 Å². The van der Waals surface area contributed by atoms with Gasteiger partial charge in [0.2, 0.25) is 11.8 Å². The van der Waals surface area contributed by atoms with E-state index in [-0.39, 0.29) is 35.3 Å². The molecule has 0 radical (unpaired) electrons. The summed E-state index contributed by atoms with van der Waals surface area (Å²) < 4.78 is 0. The van der Waals surface area contributed by atoms with E-state index in [9.17, 15) is 14.7 Å². The Morgan fingerprint density at radius 1 is 1.25 bits per heavy atom. The molecule has 0 heterocycles. The third-order valence-electron chi connectivity index (χ3n) is 4.93. The van der Waals surface area contributed by atoms with Crippen molar-refractivity contribution in [2.75, 3.05) is 6.54 Å². The molecule has 5 heteroatoms. The number of carbonyl (C=O) groups excluding carboxylic acids is 2. The van der Waals surface area contributed by atoms with Crippen LogP contribution in [0.1, 0.15) is 52.4 Å². The largest absolute Gasteiger partial charge is 0.392 e. The second-order valence-corrected chi connectivity index (χ2v) is 6.72. The van der Waals surface area contributed by atoms with Crippen LogP contribution in [0.4, 0.5) is 0 Å². The Hall–Kier alpha value is -1.10. The Morgan fingerprint density at radius 2 is 1.90 bits per heavy atom. The summed E-state index contributed by atoms with van der Waals surface area (Å²) in [5.41, 5.74) is -0.247. The lowest BCUT2D eigenvalue weighted by atomic mass is 9.64. The first kappa shape index (κ1) is 15.3. The van der Waals surface area contributed by atoms with Crippen LogP contribution in [-0.4, -0.2) is 35.6 Å². The first-order valence-corrected chi connectivity index (χ1v) is 7.66. The van der Waals surface area contributed by atoms with E-state index in [4.69, 9.17) is 0 Å². The van der Waals surface area contributed by atoms with Crippen molar-refractivity contribution in [3.8, 4) is 0 Å². The number of aliphatic hydroxyl groups is 1. The molecule has 0 aromatic heterocycles. The summed E-state index contributed by atoms with van der Waals surface area (Å²) in [4.78, 5) is 23.6. The maximum Gasteiger partial charge on any atom is 0.223 e. The molecule has 5 nitrogen and oxygen atoms in total. The molecule has 20 heavy (non-hydrogen) atoms. The third kappa shape index (κ3) is 3.32. The summed E-state index contributed by atoms with van der Waals surface area (Å²) in [6.45, 7) is 4.30. The Balaban J connectivity index is 1.62. The molecule has 114 valence electrons. The standard InChI is InChI=1S/C15H26N2O3/c1-15(2)11(9-12(15)18)17-13(19)7-8-16-14(20)10-5-3-4-6-10/h10-12,18H,3-9H2,1-2H3,(H,16,20)(H,17,19). The summed E-state index contributed by atoms with van der Waals surface area (Å²) in [5, 5.41) is 15.4. The molecule has 2 saturated carbocycles. The van der Waals surface area contributed by atoms with Gasteiger partial charge >= 0.3 is 0 Å². The zero-order valence-electron chi connectivity index (χ0n) is 12.4. The molecule has 2 fully saturated rings. The van der Waals surface area contributed by atoms with Crippen molar-refractivity contribution < 1.29 is 14.7 Å². The number of aliphatic hydroxyl groups excluding tert-OH is 1. The van der Waals surface area contributed by atoms with E-state index >= 15 is 0 Å². The Kier molecular flexibility index (Phi) is 4.68. The molecule has 0 aromatic carbocycles. The minimum absolute atomic E-state index is 0.0375. The quantitative estimate of drug-likeness (QED) is 0.703. The molecule has 0 spiro atoms. The molecule has 0 aromatic rings. The van der Waals surface area contributed by atoms with E-state index in [0.29, 0.717) is 19.4 Å². The Bertz CT molecular complexity index is 375. The molecule has 2 aliphatic carbocycles. The third-order valence-corrected chi connectivity index (χ3v) is 4.93. The Morgan fingerprint density at radius 3 is 2.45 bits per heavy atom. The highest BCUT2D eigenvalue weighted by Crippen LogP contribution is 2.40. The highest BCUT2D eigenvalue weighted by molar-refractivity contribution is 5.80. The predicted molar refractivity (Wildman–Crippen MR) is 75.9 cm³/mol. The first-order valence-electron chi connectivity index (χ1n) is 7.66. The molecular formula is C15H26N2O3. The van der Waals surface area contributed by atoms with Gasteiger partial charge in [-0.2, -0.15) is 0 Å². The fourth-order valence-electron chi connectivity index (χ4n) is 3.05. The van der Waals surface area contributed by atoms with E-state index in [1.165, 1.54) is 0 Å². The van der Waals surface area contributed by atoms with E-state index in [2.05, 4.69) is 10.6 Å². The maximum atomic E-state index is 11.8. The zero-order chi connectivity index (χ0) is 14.8. The van der Waals surface area contributed by atoms with Gasteiger partial charge in [-0.1, -0.05) is 26.7 Å². The van der Waals surface area contributed by atoms with E-state index in [1.807, 2.05) is 13.8 Å². The van der Waals surface area contributed by atoms with Crippen LogP contribution in [0.3, 0.4) is 0 Å². The Labute approximate surface area is 120 Å². The van der Waals surface area contributed by atoms with E-state index in [0.717, 1.165) is 25.7 Å². The van der Waals surface area contributed by atoms with Gasteiger partial charge in [-0.15, -0.1) is 0 Å². The van der Waals surface area contributed by atoms with Gasteiger partial charge in [0, 0.05) is 30.3 Å². The molecule has 2 amide bonds. The van der Waals surface area contributed by atoms with Crippen LogP contribution in [0.25, 0.3) is 0 Å². The number of hydrogen-bond donors (Lipinski definition) is 3. The topological polar surface area (TPSA) is 78.4 Å². The van der Waals surface area contributed by atoms with Crippen molar-refractivity contribution in [3.05, 3.63) is 0 Å². The lowest BCUT2D eigenvalue weighted by molar-refractivity contribution is -0.129. The molecule has 0 bridgehead atoms. The lowest BCUT2D eigenvalue weighted by Crippen LogP contribution is -2.61. The summed E-state index contributed by atoms with van der Waals surface area (Å²) >= 11 is 0. The average Bonchev–Trinajstić information content (AvgIpc) is 2.92. The van der Waals surface area contributed by atoms with Crippen LogP contribution in [0, 0.1) is 11.3 Å². The number of amides is 2. The summed E-state index contributed by atoms with van der Waals surface area (Å²) in [5.74, 6) is 0.190. The minimum atomic E-state index is -0.338. The van der Waals surface area contributed by atoms with Gasteiger partial charge in [-0.3, -0.25) is 9.59 Å². The molecular weight excluding hydrogens is 256 g/mol. The van der Waals surface area contributed by atoms with E-state index < -0.39 is 0 Å². The molecule has 0 saturated heterocycles. The normalized spacial score (nSPS) is 28.8. The van der Waals surface area contributed by atoms with Crippen molar-refractivity contribution in [1.82, 2.24) is 10.6 Å². The average molecular weight is 282 g/mol. The van der Waals surface area contributed by atoms with Crippen molar-refractivity contribution >= 4 is 11.8 Å². The number of carbonyl (C=O) groups is 2. The number of nitrogens with one attached hydrogen (secondary N) is 2. The molecule has 2 unspecified atom stereocenters. The minimum Gasteiger partial charge on any atom is -0.392 e. The summed E-state index contributed by atoms with van der Waals surface area (Å²) in [6, 6.07) is 0.0375. The van der Waals surface area contributed by atoms with Gasteiger partial charge < -0.3 is 15.7 Å². The molecule has 2 aliphatic rings. The van der Waals surface area contributed by atoms with Gasteiger partial charge in [0.1, 0.15) is 0 Å². The number of rotatable bonds is 5. The number of hydrogen-bond acceptors (Lipinski definition) is 3. The fourth-order valence-corrected chi connectivity index (χ4v) is 3.05. The maximum absolute atomic E-state index is 11.8. The fraction of sp³-hybridized carbons (Fsp3) is 0.867. The van der Waals surface area contributed by atoms with Crippen LogP contribution in [0.15, 0.2) is 0 Å². The van der Waals surface area contributed by atoms with Gasteiger partial charge in [-0.05, 0) is 19.3 Å². The van der Waals surface area contributed by atoms with Gasteiger partial charge in [0.25, 0.3) is 0 Å². The summed E-state index contributed by atoms with van der Waals surface area (Å²) in [6.07, 6.45) is 4.82. The van der Waals surface area contributed by atoms with Crippen LogP contribution in [0.5, 0.6) is 0 Å². The second-order valence-electron chi connectivity index (χ2n) is 6.72. The smallest absolute Gasteiger partial charge is 0.223 e. The van der Waals surface area contributed by atoms with Crippen molar-refractivity contribution in [3.63, 3.8) is 0 Å². The molecule has 3 N–H and O–H groups in total. The van der Waals surface area contributed by atoms with Gasteiger partial charge in [0.05, 0.1) is 6.10 Å². The lowest BCUT2D eigenvalue weighted by Gasteiger charge is -2.49. The SMILES string of the molecule is CC1(C)C(O)CC1NC(=O)CCNC(=O)C1CCCC1. The molecule has 0 aliphatic heterocycles. The van der Waals surface area contributed by atoms with Crippen molar-refractivity contribution in [1.29, 1.82) is 0 Å². The van der Waals surface area contributed by atoms with Crippen molar-refractivity contribution in [2.45, 2.75) is 64.5 Å². The monoisotopic (exact) mass is 282 g/mol. The van der Waals surface area contributed by atoms with E-state index in [1.54, 1.807) is 0 Å². The first-order chi connectivity index (χ1) is 9.41. The van der Waals surface area contributed by atoms with Crippen LogP contribution in [-0.2, 0) is 9.59 Å². The van der Waals surface area contributed by atoms with Crippen LogP contribution in [0.2, 0.25) is 0 Å². The molecule has 2 rings (SSSR count). The van der Waals surface area contributed by atoms with Gasteiger partial charge in [0.15, 0.2) is 0 Å². The zero-order valence-corrected chi connectivity index (χ0v) is 12.4. The highest BCUT2D eigenvalue weighted by atomic mass is 16.3.